The normalized spacial score (nSPS) is 13.2. The average molecular weight is 262 g/mol. The number of rotatable bonds is 4. The van der Waals surface area contributed by atoms with Crippen LogP contribution in [0.15, 0.2) is 24.3 Å². The Morgan fingerprint density at radius 3 is 2.33 bits per heavy atom. The summed E-state index contributed by atoms with van der Waals surface area (Å²) in [7, 11) is 0. The predicted octanol–water partition coefficient (Wildman–Crippen LogP) is 2.85. The lowest BCUT2D eigenvalue weighted by Gasteiger charge is -2.13. The van der Waals surface area contributed by atoms with Crippen LogP contribution < -0.4 is 0 Å². The number of esters is 1. The van der Waals surface area contributed by atoms with E-state index in [9.17, 15) is 23.1 Å². The number of aliphatic hydroxyl groups is 1. The van der Waals surface area contributed by atoms with E-state index in [2.05, 4.69) is 0 Å². The van der Waals surface area contributed by atoms with E-state index in [4.69, 9.17) is 4.74 Å². The smallest absolute Gasteiger partial charge is 0.391 e. The lowest BCUT2D eigenvalue weighted by atomic mass is 10.0. The molecule has 1 N–H and O–H groups in total. The molecule has 100 valence electrons. The zero-order chi connectivity index (χ0) is 13.8. The third kappa shape index (κ3) is 4.37. The van der Waals surface area contributed by atoms with Crippen molar-refractivity contribution in [1.82, 2.24) is 0 Å². The third-order valence-electron chi connectivity index (χ3n) is 2.23. The fourth-order valence-corrected chi connectivity index (χ4v) is 1.39. The molecular formula is C12H13F3O3. The van der Waals surface area contributed by atoms with Crippen molar-refractivity contribution in [2.45, 2.75) is 25.6 Å². The molecule has 1 unspecified atom stereocenters. The minimum Gasteiger partial charge on any atom is -0.462 e. The van der Waals surface area contributed by atoms with Crippen LogP contribution in [0.2, 0.25) is 0 Å². The van der Waals surface area contributed by atoms with Gasteiger partial charge in [0.2, 0.25) is 0 Å². The molecule has 1 atom stereocenters. The first-order valence-electron chi connectivity index (χ1n) is 5.35. The largest absolute Gasteiger partial charge is 0.462 e. The molecule has 1 rings (SSSR count). The number of hydrogen-bond donors (Lipinski definition) is 1. The highest BCUT2D eigenvalue weighted by Gasteiger charge is 2.31. The standard InChI is InChI=1S/C12H13F3O3/c1-2-18-11(17)9-5-3-8(4-6-9)10(16)7-12(13,14)15/h3-6,10,16H,2,7H2,1H3. The zero-order valence-corrected chi connectivity index (χ0v) is 9.70. The Morgan fingerprint density at radius 1 is 1.33 bits per heavy atom. The molecule has 18 heavy (non-hydrogen) atoms. The maximum atomic E-state index is 12.1. The highest BCUT2D eigenvalue weighted by Crippen LogP contribution is 2.29. The van der Waals surface area contributed by atoms with Crippen LogP contribution >= 0.6 is 0 Å². The van der Waals surface area contributed by atoms with E-state index in [-0.39, 0.29) is 17.7 Å². The van der Waals surface area contributed by atoms with Gasteiger partial charge in [0.25, 0.3) is 0 Å². The van der Waals surface area contributed by atoms with Crippen LogP contribution in [0, 0.1) is 0 Å². The molecule has 0 bridgehead atoms. The predicted molar refractivity (Wildman–Crippen MR) is 58.0 cm³/mol. The Balaban J connectivity index is 2.73. The number of aliphatic hydroxyl groups excluding tert-OH is 1. The van der Waals surface area contributed by atoms with Gasteiger partial charge in [0.05, 0.1) is 24.7 Å². The molecule has 1 aromatic rings. The summed E-state index contributed by atoms with van der Waals surface area (Å²) >= 11 is 0. The Bertz CT molecular complexity index is 398. The molecule has 0 amide bonds. The van der Waals surface area contributed by atoms with Crippen molar-refractivity contribution >= 4 is 5.97 Å². The Morgan fingerprint density at radius 2 is 1.89 bits per heavy atom. The molecule has 0 aliphatic carbocycles. The van der Waals surface area contributed by atoms with Crippen molar-refractivity contribution in [3.05, 3.63) is 35.4 Å². The first-order chi connectivity index (χ1) is 8.33. The topological polar surface area (TPSA) is 46.5 Å². The van der Waals surface area contributed by atoms with Crippen molar-refractivity contribution in [1.29, 1.82) is 0 Å². The van der Waals surface area contributed by atoms with E-state index in [1.165, 1.54) is 24.3 Å². The number of ether oxygens (including phenoxy) is 1. The van der Waals surface area contributed by atoms with Crippen molar-refractivity contribution in [3.63, 3.8) is 0 Å². The van der Waals surface area contributed by atoms with Crippen LogP contribution in [-0.2, 0) is 4.74 Å². The molecule has 0 aliphatic rings. The van der Waals surface area contributed by atoms with E-state index in [0.717, 1.165) is 0 Å². The van der Waals surface area contributed by atoms with E-state index in [1.807, 2.05) is 0 Å². The van der Waals surface area contributed by atoms with Gasteiger partial charge in [-0.2, -0.15) is 13.2 Å². The van der Waals surface area contributed by atoms with Gasteiger partial charge in [-0.3, -0.25) is 0 Å². The number of alkyl halides is 3. The van der Waals surface area contributed by atoms with Crippen molar-refractivity contribution in [2.24, 2.45) is 0 Å². The summed E-state index contributed by atoms with van der Waals surface area (Å²) < 4.78 is 40.9. The molecule has 0 heterocycles. The number of halogens is 3. The fraction of sp³-hybridized carbons (Fsp3) is 0.417. The molecule has 0 aliphatic heterocycles. The second-order valence-corrected chi connectivity index (χ2v) is 3.68. The van der Waals surface area contributed by atoms with E-state index < -0.39 is 24.7 Å². The number of carbonyl (C=O) groups is 1. The van der Waals surface area contributed by atoms with Crippen LogP contribution in [0.1, 0.15) is 35.4 Å². The third-order valence-corrected chi connectivity index (χ3v) is 2.23. The molecule has 6 heteroatoms. The fourth-order valence-electron chi connectivity index (χ4n) is 1.39. The van der Waals surface area contributed by atoms with Gasteiger partial charge >= 0.3 is 12.1 Å². The highest BCUT2D eigenvalue weighted by molar-refractivity contribution is 5.89. The summed E-state index contributed by atoms with van der Waals surface area (Å²) in [6.07, 6.45) is -7.37. The van der Waals surface area contributed by atoms with Gasteiger partial charge in [0.1, 0.15) is 0 Å². The number of carbonyl (C=O) groups excluding carboxylic acids is 1. The molecule has 0 radical (unpaired) electrons. The van der Waals surface area contributed by atoms with E-state index in [0.29, 0.717) is 0 Å². The quantitative estimate of drug-likeness (QED) is 0.849. The van der Waals surface area contributed by atoms with Gasteiger partial charge in [0.15, 0.2) is 0 Å². The summed E-state index contributed by atoms with van der Waals surface area (Å²) in [6.45, 7) is 1.87. The van der Waals surface area contributed by atoms with Gasteiger partial charge in [0, 0.05) is 0 Å². The molecule has 0 fully saturated rings. The van der Waals surface area contributed by atoms with Crippen LogP contribution in [0.3, 0.4) is 0 Å². The van der Waals surface area contributed by atoms with E-state index in [1.54, 1.807) is 6.92 Å². The SMILES string of the molecule is CCOC(=O)c1ccc(C(O)CC(F)(F)F)cc1. The lowest BCUT2D eigenvalue weighted by Crippen LogP contribution is -2.13. The summed E-state index contributed by atoms with van der Waals surface area (Å²) in [5.41, 5.74) is 0.347. The second-order valence-electron chi connectivity index (χ2n) is 3.68. The van der Waals surface area contributed by atoms with Crippen molar-refractivity contribution in [2.75, 3.05) is 6.61 Å². The van der Waals surface area contributed by atoms with Crippen LogP contribution in [-0.4, -0.2) is 23.9 Å². The molecule has 0 saturated carbocycles. The van der Waals surface area contributed by atoms with Gasteiger partial charge in [-0.15, -0.1) is 0 Å². The van der Waals surface area contributed by atoms with Crippen molar-refractivity contribution in [3.8, 4) is 0 Å². The van der Waals surface area contributed by atoms with Gasteiger partial charge in [-0.1, -0.05) is 12.1 Å². The summed E-state index contributed by atoms with van der Waals surface area (Å²) in [4.78, 5) is 11.3. The molecule has 1 aromatic carbocycles. The van der Waals surface area contributed by atoms with Crippen LogP contribution in [0.25, 0.3) is 0 Å². The Kier molecular flexibility index (Phi) is 4.72. The number of benzene rings is 1. The zero-order valence-electron chi connectivity index (χ0n) is 9.70. The average Bonchev–Trinajstić information content (AvgIpc) is 2.27. The van der Waals surface area contributed by atoms with Crippen molar-refractivity contribution < 1.29 is 27.8 Å². The van der Waals surface area contributed by atoms with Crippen LogP contribution in [0.4, 0.5) is 13.2 Å². The number of hydrogen-bond acceptors (Lipinski definition) is 3. The maximum Gasteiger partial charge on any atom is 0.391 e. The summed E-state index contributed by atoms with van der Waals surface area (Å²) in [5, 5.41) is 9.35. The Hall–Kier alpha value is -1.56. The molecule has 0 saturated heterocycles. The van der Waals surface area contributed by atoms with E-state index >= 15 is 0 Å². The maximum absolute atomic E-state index is 12.1. The highest BCUT2D eigenvalue weighted by atomic mass is 19.4. The molecular weight excluding hydrogens is 249 g/mol. The van der Waals surface area contributed by atoms with Gasteiger partial charge in [-0.25, -0.2) is 4.79 Å². The van der Waals surface area contributed by atoms with Crippen LogP contribution in [0.5, 0.6) is 0 Å². The first kappa shape index (κ1) is 14.5. The van der Waals surface area contributed by atoms with Gasteiger partial charge in [-0.05, 0) is 24.6 Å². The minimum absolute atomic E-state index is 0.111. The molecule has 0 aromatic heterocycles. The first-order valence-corrected chi connectivity index (χ1v) is 5.35. The van der Waals surface area contributed by atoms with Gasteiger partial charge < -0.3 is 9.84 Å². The molecule has 0 spiro atoms. The second kappa shape index (κ2) is 5.86. The Labute approximate surface area is 102 Å². The summed E-state index contributed by atoms with van der Waals surface area (Å²) in [5.74, 6) is -0.547. The summed E-state index contributed by atoms with van der Waals surface area (Å²) in [6, 6.07) is 5.21. The lowest BCUT2D eigenvalue weighted by molar-refractivity contribution is -0.154. The minimum atomic E-state index is -4.43. The molecule has 3 nitrogen and oxygen atoms in total. The monoisotopic (exact) mass is 262 g/mol.